The van der Waals surface area contributed by atoms with Gasteiger partial charge in [-0.3, -0.25) is 9.10 Å². The van der Waals surface area contributed by atoms with E-state index in [1.54, 1.807) is 23.1 Å². The molecule has 2 aromatic carbocycles. The van der Waals surface area contributed by atoms with Crippen LogP contribution < -0.4 is 4.31 Å². The van der Waals surface area contributed by atoms with Crippen molar-refractivity contribution in [2.45, 2.75) is 18.7 Å². The molecule has 0 spiro atoms. The van der Waals surface area contributed by atoms with Crippen molar-refractivity contribution < 1.29 is 17.6 Å². The largest absolute Gasteiger partial charge is 0.339 e. The fourth-order valence-electron chi connectivity index (χ4n) is 2.90. The predicted octanol–water partition coefficient (Wildman–Crippen LogP) is 4.35. The van der Waals surface area contributed by atoms with Crippen LogP contribution >= 0.6 is 11.3 Å². The quantitative estimate of drug-likeness (QED) is 0.596. The van der Waals surface area contributed by atoms with E-state index in [0.717, 1.165) is 26.5 Å². The number of hydrogen-bond acceptors (Lipinski definition) is 4. The third kappa shape index (κ3) is 3.74. The van der Waals surface area contributed by atoms with Gasteiger partial charge in [0.05, 0.1) is 15.5 Å². The molecule has 1 heterocycles. The first kappa shape index (κ1) is 20.3. The number of carbonyl (C=O) groups is 1. The fourth-order valence-corrected chi connectivity index (χ4v) is 5.10. The second-order valence-corrected chi connectivity index (χ2v) is 9.29. The van der Waals surface area contributed by atoms with Crippen LogP contribution in [0.15, 0.2) is 53.4 Å². The van der Waals surface area contributed by atoms with Gasteiger partial charge in [0.25, 0.3) is 15.9 Å². The van der Waals surface area contributed by atoms with Gasteiger partial charge in [0.2, 0.25) is 0 Å². The molecule has 1 amide bonds. The maximum atomic E-state index is 13.1. The number of amides is 1. The second kappa shape index (κ2) is 7.89. The number of benzene rings is 2. The molecule has 0 saturated heterocycles. The summed E-state index contributed by atoms with van der Waals surface area (Å²) in [4.78, 5) is 15.0. The van der Waals surface area contributed by atoms with E-state index >= 15 is 0 Å². The molecule has 3 aromatic rings. The van der Waals surface area contributed by atoms with Crippen LogP contribution in [0.4, 0.5) is 10.1 Å². The maximum Gasteiger partial charge on any atom is 0.264 e. The van der Waals surface area contributed by atoms with Crippen LogP contribution in [0.5, 0.6) is 0 Å². The number of halogens is 1. The summed E-state index contributed by atoms with van der Waals surface area (Å²) in [6.07, 6.45) is 0. The number of rotatable bonds is 6. The zero-order chi connectivity index (χ0) is 20.5. The van der Waals surface area contributed by atoms with Crippen LogP contribution in [-0.4, -0.2) is 39.4 Å². The molecule has 0 N–H and O–H groups in total. The minimum atomic E-state index is -3.81. The standard InChI is InChI=1S/C20H21FN2O3S2/c1-4-23(5-2)20(24)19-13-14-12-16(8-11-18(14)27-19)22(3)28(25,26)17-9-6-15(21)7-10-17/h6-13H,4-5H2,1-3H3. The van der Waals surface area contributed by atoms with Crippen molar-refractivity contribution in [2.75, 3.05) is 24.4 Å². The number of fused-ring (bicyclic) bond motifs is 1. The number of hydrogen-bond donors (Lipinski definition) is 0. The summed E-state index contributed by atoms with van der Waals surface area (Å²) < 4.78 is 40.8. The molecule has 28 heavy (non-hydrogen) atoms. The Morgan fingerprint density at radius 3 is 2.29 bits per heavy atom. The molecule has 5 nitrogen and oxygen atoms in total. The number of nitrogens with zero attached hydrogens (tertiary/aromatic N) is 2. The summed E-state index contributed by atoms with van der Waals surface area (Å²) >= 11 is 1.39. The van der Waals surface area contributed by atoms with Gasteiger partial charge in [-0.15, -0.1) is 11.3 Å². The number of thiophene rings is 1. The van der Waals surface area contributed by atoms with Crippen molar-refractivity contribution in [3.8, 4) is 0 Å². The molecule has 0 atom stereocenters. The molecule has 0 radical (unpaired) electrons. The molecule has 3 rings (SSSR count). The highest BCUT2D eigenvalue weighted by Crippen LogP contribution is 2.31. The van der Waals surface area contributed by atoms with Gasteiger partial charge in [-0.2, -0.15) is 0 Å². The first-order valence-electron chi connectivity index (χ1n) is 8.85. The van der Waals surface area contributed by atoms with Crippen molar-refractivity contribution in [1.29, 1.82) is 0 Å². The first-order chi connectivity index (χ1) is 13.3. The van der Waals surface area contributed by atoms with Crippen LogP contribution in [0.3, 0.4) is 0 Å². The summed E-state index contributed by atoms with van der Waals surface area (Å²) in [5.74, 6) is -0.522. The normalized spacial score (nSPS) is 11.6. The lowest BCUT2D eigenvalue weighted by molar-refractivity contribution is 0.0778. The maximum absolute atomic E-state index is 13.1. The third-order valence-electron chi connectivity index (χ3n) is 4.60. The number of sulfonamides is 1. The van der Waals surface area contributed by atoms with E-state index in [4.69, 9.17) is 0 Å². The molecule has 1 aromatic heterocycles. The van der Waals surface area contributed by atoms with Crippen molar-refractivity contribution in [3.63, 3.8) is 0 Å². The monoisotopic (exact) mass is 420 g/mol. The Kier molecular flexibility index (Phi) is 5.71. The Bertz CT molecular complexity index is 1100. The highest BCUT2D eigenvalue weighted by molar-refractivity contribution is 7.92. The Labute approximate surface area is 168 Å². The molecule has 8 heteroatoms. The van der Waals surface area contributed by atoms with Crippen LogP contribution in [0.2, 0.25) is 0 Å². The van der Waals surface area contributed by atoms with Crippen molar-refractivity contribution in [2.24, 2.45) is 0 Å². The smallest absolute Gasteiger partial charge is 0.264 e. The number of carbonyl (C=O) groups excluding carboxylic acids is 1. The van der Waals surface area contributed by atoms with E-state index in [9.17, 15) is 17.6 Å². The lowest BCUT2D eigenvalue weighted by Crippen LogP contribution is -2.29. The van der Waals surface area contributed by atoms with Gasteiger partial charge in [-0.25, -0.2) is 12.8 Å². The average Bonchev–Trinajstić information content (AvgIpc) is 3.11. The highest BCUT2D eigenvalue weighted by Gasteiger charge is 2.22. The first-order valence-corrected chi connectivity index (χ1v) is 11.1. The van der Waals surface area contributed by atoms with E-state index in [1.807, 2.05) is 19.9 Å². The molecular weight excluding hydrogens is 399 g/mol. The molecule has 0 bridgehead atoms. The zero-order valence-electron chi connectivity index (χ0n) is 15.8. The molecule has 148 valence electrons. The molecule has 0 unspecified atom stereocenters. The van der Waals surface area contributed by atoms with Gasteiger partial charge in [-0.1, -0.05) is 0 Å². The third-order valence-corrected chi connectivity index (χ3v) is 7.50. The van der Waals surface area contributed by atoms with Gasteiger partial charge in [0.1, 0.15) is 5.82 Å². The minimum absolute atomic E-state index is 0.0132. The molecule has 0 aliphatic heterocycles. The van der Waals surface area contributed by atoms with E-state index in [0.29, 0.717) is 23.7 Å². The predicted molar refractivity (Wildman–Crippen MR) is 111 cm³/mol. The summed E-state index contributed by atoms with van der Waals surface area (Å²) in [6, 6.07) is 11.8. The molecular formula is C20H21FN2O3S2. The lowest BCUT2D eigenvalue weighted by atomic mass is 10.2. The van der Waals surface area contributed by atoms with E-state index in [-0.39, 0.29) is 10.8 Å². The molecule has 0 saturated carbocycles. The average molecular weight is 421 g/mol. The second-order valence-electron chi connectivity index (χ2n) is 6.24. The summed E-state index contributed by atoms with van der Waals surface area (Å²) in [7, 11) is -2.36. The Balaban J connectivity index is 1.95. The summed E-state index contributed by atoms with van der Waals surface area (Å²) in [5, 5.41) is 0.805. The van der Waals surface area contributed by atoms with Gasteiger partial charge in [0.15, 0.2) is 0 Å². The van der Waals surface area contributed by atoms with Crippen LogP contribution in [0.25, 0.3) is 10.1 Å². The van der Waals surface area contributed by atoms with Crippen LogP contribution in [0, 0.1) is 5.82 Å². The molecule has 0 aliphatic carbocycles. The summed E-state index contributed by atoms with van der Waals surface area (Å²) in [6.45, 7) is 5.13. The van der Waals surface area contributed by atoms with Crippen molar-refractivity contribution in [1.82, 2.24) is 4.90 Å². The van der Waals surface area contributed by atoms with E-state index in [1.165, 1.54) is 30.5 Å². The Morgan fingerprint density at radius 2 is 1.68 bits per heavy atom. The SMILES string of the molecule is CCN(CC)C(=O)c1cc2cc(N(C)S(=O)(=O)c3ccc(F)cc3)ccc2s1. The van der Waals surface area contributed by atoms with E-state index in [2.05, 4.69) is 0 Å². The lowest BCUT2D eigenvalue weighted by Gasteiger charge is -2.19. The fraction of sp³-hybridized carbons (Fsp3) is 0.250. The van der Waals surface area contributed by atoms with Crippen LogP contribution in [0.1, 0.15) is 23.5 Å². The van der Waals surface area contributed by atoms with Gasteiger partial charge in [0, 0.05) is 24.8 Å². The van der Waals surface area contributed by atoms with E-state index < -0.39 is 15.8 Å². The zero-order valence-corrected chi connectivity index (χ0v) is 17.5. The number of anilines is 1. The molecule has 0 fully saturated rings. The van der Waals surface area contributed by atoms with Crippen LogP contribution in [-0.2, 0) is 10.0 Å². The Hall–Kier alpha value is -2.45. The van der Waals surface area contributed by atoms with Gasteiger partial charge >= 0.3 is 0 Å². The van der Waals surface area contributed by atoms with Crippen molar-refractivity contribution >= 4 is 43.0 Å². The highest BCUT2D eigenvalue weighted by atomic mass is 32.2. The van der Waals surface area contributed by atoms with Gasteiger partial charge in [-0.05, 0) is 67.8 Å². The minimum Gasteiger partial charge on any atom is -0.339 e. The van der Waals surface area contributed by atoms with Gasteiger partial charge < -0.3 is 4.90 Å². The summed E-state index contributed by atoms with van der Waals surface area (Å²) in [5.41, 5.74) is 0.469. The molecule has 0 aliphatic rings. The Morgan fingerprint density at radius 1 is 1.04 bits per heavy atom. The van der Waals surface area contributed by atoms with Crippen molar-refractivity contribution in [3.05, 3.63) is 59.2 Å². The topological polar surface area (TPSA) is 57.7 Å².